The lowest BCUT2D eigenvalue weighted by Gasteiger charge is -2.09. The summed E-state index contributed by atoms with van der Waals surface area (Å²) in [5.74, 6) is 0.398. The lowest BCUT2D eigenvalue weighted by atomic mass is 10.1. The normalized spacial score (nSPS) is 34.0. The van der Waals surface area contributed by atoms with Crippen molar-refractivity contribution in [1.82, 2.24) is 0 Å². The molecule has 0 unspecified atom stereocenters. The van der Waals surface area contributed by atoms with Gasteiger partial charge in [-0.25, -0.2) is 0 Å². The second-order valence-electron chi connectivity index (χ2n) is 2.54. The van der Waals surface area contributed by atoms with Gasteiger partial charge in [0.15, 0.2) is 0 Å². The number of halogens is 1. The molecule has 0 amide bonds. The zero-order valence-electron chi connectivity index (χ0n) is 5.42. The summed E-state index contributed by atoms with van der Waals surface area (Å²) in [4.78, 5) is 0. The standard InChI is InChI=1S/C6H13NO.ClH/c7-6-3-1-2-5(6)4-8;/h5-6,8H,1-4,7H2;1H/t5-,6-;/m0./s1. The fraction of sp³-hybridized carbons (Fsp3) is 1.00. The van der Waals surface area contributed by atoms with Crippen molar-refractivity contribution in [2.24, 2.45) is 11.7 Å². The Balaban J connectivity index is 0.000000640. The quantitative estimate of drug-likeness (QED) is 0.575. The monoisotopic (exact) mass is 151 g/mol. The molecule has 1 aliphatic rings. The Morgan fingerprint density at radius 2 is 2.11 bits per heavy atom. The van der Waals surface area contributed by atoms with Gasteiger partial charge in [0.1, 0.15) is 0 Å². The van der Waals surface area contributed by atoms with E-state index in [0.29, 0.717) is 5.92 Å². The summed E-state index contributed by atoms with van der Waals surface area (Å²) >= 11 is 0. The summed E-state index contributed by atoms with van der Waals surface area (Å²) in [7, 11) is 0. The van der Waals surface area contributed by atoms with Gasteiger partial charge in [-0.15, -0.1) is 12.4 Å². The van der Waals surface area contributed by atoms with Crippen LogP contribution in [-0.4, -0.2) is 17.8 Å². The second-order valence-corrected chi connectivity index (χ2v) is 2.54. The molecule has 0 spiro atoms. The maximum atomic E-state index is 8.66. The minimum atomic E-state index is 0. The van der Waals surface area contributed by atoms with Crippen molar-refractivity contribution >= 4 is 12.4 Å². The molecule has 1 aliphatic carbocycles. The van der Waals surface area contributed by atoms with Crippen LogP contribution in [0.5, 0.6) is 0 Å². The molecule has 2 nitrogen and oxygen atoms in total. The van der Waals surface area contributed by atoms with E-state index in [-0.39, 0.29) is 25.1 Å². The van der Waals surface area contributed by atoms with Gasteiger partial charge in [-0.1, -0.05) is 6.42 Å². The van der Waals surface area contributed by atoms with E-state index < -0.39 is 0 Å². The minimum absolute atomic E-state index is 0. The number of hydrogen-bond donors (Lipinski definition) is 2. The van der Waals surface area contributed by atoms with Crippen LogP contribution < -0.4 is 5.73 Å². The number of hydrogen-bond acceptors (Lipinski definition) is 2. The minimum Gasteiger partial charge on any atom is -0.396 e. The van der Waals surface area contributed by atoms with Crippen LogP contribution in [0.3, 0.4) is 0 Å². The van der Waals surface area contributed by atoms with E-state index in [2.05, 4.69) is 0 Å². The first kappa shape index (κ1) is 9.21. The molecule has 1 fully saturated rings. The lowest BCUT2D eigenvalue weighted by Crippen LogP contribution is -2.26. The van der Waals surface area contributed by atoms with Crippen molar-refractivity contribution in [2.75, 3.05) is 6.61 Å². The summed E-state index contributed by atoms with van der Waals surface area (Å²) in [6.45, 7) is 0.279. The lowest BCUT2D eigenvalue weighted by molar-refractivity contribution is 0.218. The molecule has 0 heterocycles. The Bertz CT molecular complexity index is 79.5. The summed E-state index contributed by atoms with van der Waals surface area (Å²) < 4.78 is 0. The highest BCUT2D eigenvalue weighted by molar-refractivity contribution is 5.85. The summed E-state index contributed by atoms with van der Waals surface area (Å²) in [6, 6.07) is 0.278. The van der Waals surface area contributed by atoms with E-state index in [1.807, 2.05) is 0 Å². The number of aliphatic hydroxyl groups is 1. The molecule has 0 aliphatic heterocycles. The third kappa shape index (κ3) is 2.12. The SMILES string of the molecule is Cl.N[C@H]1CCC[C@H]1CO. The molecule has 2 atom stereocenters. The number of rotatable bonds is 1. The smallest absolute Gasteiger partial charge is 0.0474 e. The van der Waals surface area contributed by atoms with Crippen LogP contribution in [0, 0.1) is 5.92 Å². The van der Waals surface area contributed by atoms with Crippen LogP contribution in [0.1, 0.15) is 19.3 Å². The van der Waals surface area contributed by atoms with Gasteiger partial charge in [-0.05, 0) is 18.8 Å². The first-order chi connectivity index (χ1) is 3.84. The molecule has 0 aromatic rings. The molecule has 1 rings (SSSR count). The van der Waals surface area contributed by atoms with Crippen molar-refractivity contribution in [1.29, 1.82) is 0 Å². The van der Waals surface area contributed by atoms with Gasteiger partial charge < -0.3 is 10.8 Å². The number of nitrogens with two attached hydrogens (primary N) is 1. The van der Waals surface area contributed by atoms with Crippen molar-refractivity contribution in [3.63, 3.8) is 0 Å². The van der Waals surface area contributed by atoms with Crippen molar-refractivity contribution < 1.29 is 5.11 Å². The molecular weight excluding hydrogens is 138 g/mol. The zero-order valence-corrected chi connectivity index (χ0v) is 6.23. The Morgan fingerprint density at radius 3 is 2.33 bits per heavy atom. The van der Waals surface area contributed by atoms with Crippen molar-refractivity contribution in [3.8, 4) is 0 Å². The summed E-state index contributed by atoms with van der Waals surface area (Å²) in [6.07, 6.45) is 3.43. The van der Waals surface area contributed by atoms with Crippen LogP contribution in [0.25, 0.3) is 0 Å². The molecule has 56 valence electrons. The zero-order chi connectivity index (χ0) is 5.98. The predicted molar refractivity (Wildman–Crippen MR) is 39.7 cm³/mol. The molecule has 0 aromatic heterocycles. The Morgan fingerprint density at radius 1 is 1.44 bits per heavy atom. The fourth-order valence-corrected chi connectivity index (χ4v) is 1.29. The Kier molecular flexibility index (Phi) is 4.19. The van der Waals surface area contributed by atoms with E-state index in [4.69, 9.17) is 10.8 Å². The highest BCUT2D eigenvalue weighted by Crippen LogP contribution is 2.22. The van der Waals surface area contributed by atoms with Crippen molar-refractivity contribution in [2.45, 2.75) is 25.3 Å². The maximum Gasteiger partial charge on any atom is 0.0474 e. The van der Waals surface area contributed by atoms with Crippen LogP contribution >= 0.6 is 12.4 Å². The topological polar surface area (TPSA) is 46.2 Å². The van der Waals surface area contributed by atoms with Crippen LogP contribution in [0.4, 0.5) is 0 Å². The number of aliphatic hydroxyl groups excluding tert-OH is 1. The Hall–Kier alpha value is 0.210. The molecule has 0 bridgehead atoms. The van der Waals surface area contributed by atoms with Crippen molar-refractivity contribution in [3.05, 3.63) is 0 Å². The molecule has 9 heavy (non-hydrogen) atoms. The predicted octanol–water partition coefficient (Wildman–Crippen LogP) is 0.528. The van der Waals surface area contributed by atoms with Gasteiger partial charge in [0.05, 0.1) is 0 Å². The molecular formula is C6H14ClNO. The first-order valence-corrected chi connectivity index (χ1v) is 3.21. The molecule has 3 N–H and O–H groups in total. The summed E-state index contributed by atoms with van der Waals surface area (Å²) in [5.41, 5.74) is 5.63. The Labute approximate surface area is 61.8 Å². The maximum absolute atomic E-state index is 8.66. The van der Waals surface area contributed by atoms with Crippen LogP contribution in [0.15, 0.2) is 0 Å². The van der Waals surface area contributed by atoms with Crippen LogP contribution in [0.2, 0.25) is 0 Å². The molecule has 3 heteroatoms. The van der Waals surface area contributed by atoms with E-state index >= 15 is 0 Å². The third-order valence-electron chi connectivity index (χ3n) is 1.95. The fourth-order valence-electron chi connectivity index (χ4n) is 1.29. The second kappa shape index (κ2) is 4.09. The summed E-state index contributed by atoms with van der Waals surface area (Å²) in [5, 5.41) is 8.66. The van der Waals surface area contributed by atoms with Gasteiger partial charge in [0, 0.05) is 12.6 Å². The highest BCUT2D eigenvalue weighted by Gasteiger charge is 2.22. The third-order valence-corrected chi connectivity index (χ3v) is 1.95. The first-order valence-electron chi connectivity index (χ1n) is 3.21. The molecule has 0 aromatic carbocycles. The highest BCUT2D eigenvalue weighted by atomic mass is 35.5. The van der Waals surface area contributed by atoms with Crippen LogP contribution in [-0.2, 0) is 0 Å². The van der Waals surface area contributed by atoms with E-state index in [1.54, 1.807) is 0 Å². The molecule has 0 radical (unpaired) electrons. The molecule has 1 saturated carbocycles. The van der Waals surface area contributed by atoms with Gasteiger partial charge in [0.2, 0.25) is 0 Å². The van der Waals surface area contributed by atoms with Gasteiger partial charge >= 0.3 is 0 Å². The van der Waals surface area contributed by atoms with Gasteiger partial charge in [-0.2, -0.15) is 0 Å². The van der Waals surface area contributed by atoms with Gasteiger partial charge in [0.25, 0.3) is 0 Å². The van der Waals surface area contributed by atoms with E-state index in [0.717, 1.165) is 12.8 Å². The largest absolute Gasteiger partial charge is 0.396 e. The van der Waals surface area contributed by atoms with E-state index in [9.17, 15) is 0 Å². The van der Waals surface area contributed by atoms with E-state index in [1.165, 1.54) is 6.42 Å². The average molecular weight is 152 g/mol. The molecule has 0 saturated heterocycles. The average Bonchev–Trinajstić information content (AvgIpc) is 2.14. The van der Waals surface area contributed by atoms with Gasteiger partial charge in [-0.3, -0.25) is 0 Å².